The van der Waals surface area contributed by atoms with Gasteiger partial charge in [-0.2, -0.15) is 41.7 Å². The normalized spacial score (nSPS) is 15.0. The molecule has 0 saturated carbocycles. The van der Waals surface area contributed by atoms with E-state index in [0.29, 0.717) is 123 Å². The summed E-state index contributed by atoms with van der Waals surface area (Å²) in [5.41, 5.74) is 16.1. The topological polar surface area (TPSA) is 568 Å². The van der Waals surface area contributed by atoms with Crippen LogP contribution in [0.2, 0.25) is 0 Å². The Morgan fingerprint density at radius 1 is 0.453 bits per heavy atom. The molecule has 6 aliphatic heterocycles. The van der Waals surface area contributed by atoms with Gasteiger partial charge < -0.3 is 98.5 Å². The van der Waals surface area contributed by atoms with Crippen LogP contribution in [0, 0.1) is 45.3 Å². The molecular weight excluding hydrogens is 2030 g/mol. The van der Waals surface area contributed by atoms with Crippen molar-refractivity contribution < 1.29 is 109 Å². The summed E-state index contributed by atoms with van der Waals surface area (Å²) >= 11 is 10.1. The number of hydrogen-bond donors (Lipinski definition) is 4. The Bertz CT molecular complexity index is 5080. The van der Waals surface area contributed by atoms with Gasteiger partial charge in [-0.05, 0) is 206 Å². The van der Waals surface area contributed by atoms with Gasteiger partial charge in [-0.1, -0.05) is 52.5 Å². The summed E-state index contributed by atoms with van der Waals surface area (Å²) in [5.74, 6) is 0.779. The summed E-state index contributed by atoms with van der Waals surface area (Å²) in [4.78, 5) is 108. The van der Waals surface area contributed by atoms with Crippen LogP contribution in [-0.4, -0.2) is 381 Å². The Morgan fingerprint density at radius 2 is 0.767 bits per heavy atom. The van der Waals surface area contributed by atoms with Crippen LogP contribution in [0.1, 0.15) is 176 Å². The molecule has 5 amide bonds. The van der Waals surface area contributed by atoms with E-state index in [2.05, 4.69) is 118 Å². The van der Waals surface area contributed by atoms with Crippen LogP contribution in [-0.2, 0) is 50.9 Å². The minimum Gasteiger partial charge on any atom is -0.444 e. The van der Waals surface area contributed by atoms with Crippen molar-refractivity contribution in [1.82, 2.24) is 105 Å². The minimum atomic E-state index is -3.54. The van der Waals surface area contributed by atoms with Crippen molar-refractivity contribution in [3.05, 3.63) is 131 Å². The van der Waals surface area contributed by atoms with Crippen LogP contribution in [0.5, 0.6) is 0 Å². The number of allylic oxidation sites excluding steroid dienone is 1. The third-order valence-corrected chi connectivity index (χ3v) is 24.2. The Hall–Kier alpha value is -11.0. The number of nitrogens with one attached hydrogen (secondary N) is 4. The Balaban J connectivity index is 0.00000169. The third kappa shape index (κ3) is 58.6. The van der Waals surface area contributed by atoms with Crippen LogP contribution in [0.4, 0.5) is 35.6 Å². The number of H-pyrrole nitrogens is 2. The van der Waals surface area contributed by atoms with Crippen LogP contribution in [0.25, 0.3) is 44.8 Å². The van der Waals surface area contributed by atoms with E-state index in [1.807, 2.05) is 174 Å². The number of alkyl halides is 1. The molecule has 0 radical (unpaired) electrons. The molecule has 0 aromatic carbocycles. The fraction of sp³-hybridized carbons (Fsp3) is 0.633. The molecular formula is C98H159Cl2N30NaO17P2. The number of rotatable bonds is 21. The molecule has 0 bridgehead atoms. The number of aromatic nitrogens is 10. The number of piperazine rings is 6. The van der Waals surface area contributed by atoms with E-state index in [0.717, 1.165) is 112 Å². The van der Waals surface area contributed by atoms with E-state index in [4.69, 9.17) is 77.2 Å². The first-order valence-corrected chi connectivity index (χ1v) is 53.6. The second-order valence-corrected chi connectivity index (χ2v) is 42.1. The Labute approximate surface area is 918 Å². The molecule has 0 aliphatic carbocycles. The second-order valence-electron chi connectivity index (χ2n) is 37.1. The number of nitrogens with zero attached hydrogens (tertiary/aromatic N) is 26. The largest absolute Gasteiger partial charge is 1.00 e. The zero-order valence-corrected chi connectivity index (χ0v) is 96.3. The minimum absolute atomic E-state index is 0. The molecule has 47 nitrogen and oxygen atoms in total. The average Bonchev–Trinajstić information content (AvgIpc) is 1.37. The number of hydrogen-bond acceptors (Lipinski definition) is 37. The van der Waals surface area contributed by atoms with Gasteiger partial charge in [0.1, 0.15) is 51.3 Å². The first-order chi connectivity index (χ1) is 70.1. The van der Waals surface area contributed by atoms with Crippen molar-refractivity contribution in [2.24, 2.45) is 0 Å². The van der Waals surface area contributed by atoms with Crippen molar-refractivity contribution in [3.8, 4) is 47.1 Å². The van der Waals surface area contributed by atoms with E-state index < -0.39 is 42.7 Å². The smallest absolute Gasteiger partial charge is 0.444 e. The number of carbonyl (C=O) groups is 6. The van der Waals surface area contributed by atoms with E-state index in [9.17, 15) is 48.4 Å². The van der Waals surface area contributed by atoms with Crippen molar-refractivity contribution in [2.75, 3.05) is 225 Å². The van der Waals surface area contributed by atoms with Gasteiger partial charge in [0, 0.05) is 193 Å². The molecule has 6 aromatic rings. The van der Waals surface area contributed by atoms with E-state index in [1.54, 1.807) is 112 Å². The fourth-order valence-corrected chi connectivity index (χ4v) is 16.4. The van der Waals surface area contributed by atoms with Gasteiger partial charge in [-0.25, -0.2) is 28.5 Å². The number of anilines is 2. The number of carbonyl (C=O) groups excluding carboxylic acids is 6. The van der Waals surface area contributed by atoms with Gasteiger partial charge >= 0.3 is 74.6 Å². The second kappa shape index (κ2) is 74.9. The van der Waals surface area contributed by atoms with Crippen LogP contribution < -0.4 is 50.0 Å². The summed E-state index contributed by atoms with van der Waals surface area (Å²) in [6, 6.07) is 30.3. The van der Waals surface area contributed by atoms with Crippen molar-refractivity contribution in [1.29, 1.82) is 21.0 Å². The van der Waals surface area contributed by atoms with Crippen LogP contribution in [0.15, 0.2) is 103 Å². The number of nitriles is 4. The van der Waals surface area contributed by atoms with Crippen LogP contribution in [0.3, 0.4) is 0 Å². The van der Waals surface area contributed by atoms with Gasteiger partial charge in [0.2, 0.25) is 5.78 Å². The monoisotopic (exact) mass is 2180 g/mol. The zero-order chi connectivity index (χ0) is 111. The standard InChI is InChI=1S/C17H22N4O2.C16H22N6O2.C15H28N3O5P.C11H14N6.C11H19N3O2.C9H18N2O2.C6H5NO.C6H15N.C4H10ClO3P.C2H2ClN.CH4.N3.Na/c1-17(2,3)23-16(22)21-10-8-20(9-11-21)15(13-18)12-14-6-4-5-7-19-14;1-16(2,3)24-15(23)22-10-8-21(9-11-22)14-13(18-20-19-14)12-6-4-5-7-17-12;1-6-21-24(20,22-7-2)13(12-16)17-8-10-18(11-9-17)14(19)23-15(3,4)5;1-2-4-13-9(3-1)10-11(15-16-14-10)17-7-5-12-6-8-17;1-11(2,3)16-10(15)14-8-6-13(5-4-12)7-9-14;1-9(2,3)13-8(12)11-6-4-10-5-7-11;8-5-6-3-1-2-4-7-6;1-4-7(5-2)6-3;1-3-7-9(5,6)8-4-2;3-1-2-4;;1-3-2;/h4-7,12H,8-11H2,1-3H3;4-7H,8-11H2,1-3H3,(H,18,19,20);13H,6-11H2,1-5H3;1-4,12H,5-8H2,(H,14,15,16);5-9H2,1-3H3;10H,4-7H2,1-3H3;1-5H;4-6H2,1-3H3;3-4H2,1-2H3;1H2;1H4;;/q;;;;;;;;;;;-1;+1/b15-12+;;;;;;;;;;;;. The molecule has 4 N–H and O–H groups in total. The van der Waals surface area contributed by atoms with E-state index >= 15 is 0 Å². The molecule has 6 aromatic heterocycles. The fourth-order valence-electron chi connectivity index (χ4n) is 13.3. The van der Waals surface area contributed by atoms with Gasteiger partial charge in [-0.3, -0.25) is 53.1 Å². The number of amides is 5. The van der Waals surface area contributed by atoms with Crippen molar-refractivity contribution >= 4 is 91.9 Å². The molecule has 12 heterocycles. The van der Waals surface area contributed by atoms with Gasteiger partial charge in [0.05, 0.1) is 68.3 Å². The maximum absolute atomic E-state index is 12.8. The van der Waals surface area contributed by atoms with Crippen LogP contribution >= 0.6 is 37.4 Å². The number of ether oxygens (including phenoxy) is 5. The summed E-state index contributed by atoms with van der Waals surface area (Å²) in [6.07, 6.45) is 7.86. The maximum atomic E-state index is 12.8. The molecule has 12 rings (SSSR count). The predicted molar refractivity (Wildman–Crippen MR) is 575 cm³/mol. The Morgan fingerprint density at radius 3 is 1.05 bits per heavy atom. The number of halogens is 2. The van der Waals surface area contributed by atoms with Gasteiger partial charge in [0.15, 0.2) is 29.3 Å². The quantitative estimate of drug-likeness (QED) is 0.00497. The Kier molecular flexibility index (Phi) is 69.4. The summed E-state index contributed by atoms with van der Waals surface area (Å²) in [6.45, 7) is 59.2. The van der Waals surface area contributed by atoms with E-state index in [-0.39, 0.29) is 92.1 Å². The number of pyridine rings is 4. The first-order valence-electron chi connectivity index (χ1n) is 49.0. The number of aldehydes is 1. The summed E-state index contributed by atoms with van der Waals surface area (Å²) < 4.78 is 69.9. The molecule has 52 heteroatoms. The van der Waals surface area contributed by atoms with E-state index in [1.165, 1.54) is 24.5 Å². The molecule has 1 atom stereocenters. The summed E-state index contributed by atoms with van der Waals surface area (Å²) in [7, 11) is -3.54. The molecule has 150 heavy (non-hydrogen) atoms. The molecule has 0 spiro atoms. The summed E-state index contributed by atoms with van der Waals surface area (Å²) in [5, 5.41) is 63.7. The zero-order valence-electron chi connectivity index (χ0n) is 91.0. The predicted octanol–water partition coefficient (Wildman–Crippen LogP) is 13.1. The van der Waals surface area contributed by atoms with Gasteiger partial charge in [0.25, 0.3) is 0 Å². The molecule has 1 unspecified atom stereocenters. The van der Waals surface area contributed by atoms with Crippen molar-refractivity contribution in [3.63, 3.8) is 0 Å². The maximum Gasteiger partial charge on any atom is 1.00 e. The third-order valence-electron chi connectivity index (χ3n) is 20.1. The number of aromatic amines is 2. The SMILES string of the molecule is C.CC(C)(C)OC(=O)N1CCN(/C(C#N)=C/c2ccccn2)CC1.CC(C)(C)OC(=O)N1CCN(CC#N)CC1.CC(C)(C)OC(=O)N1CCN(c2n[nH]nc2-c2ccccn2)CC1.CC(C)(C)OC(=O)N1CCNCC1.CCN(CC)CC.CCOP(=O)(Cl)OCC.CCOP(=O)(OCC)C(C#N)N1CCN(C(=O)OC(C)(C)C)CC1.N#CCCl.O=Cc1ccccn1.[N-]=[N+]=[N-].[Na+].c1ccc(-c2n[nH]nc2N2CCNCC2)nc1. The molecule has 6 aliphatic rings. The first kappa shape index (κ1) is 139. The molecule has 6 saturated heterocycles. The molecule has 828 valence electrons. The molecule has 6 fully saturated rings. The van der Waals surface area contributed by atoms with Gasteiger partial charge in [-0.15, -0.1) is 21.8 Å². The van der Waals surface area contributed by atoms with Crippen molar-refractivity contribution in [2.45, 2.75) is 194 Å². The average molecular weight is 2190 g/mol.